The first-order valence-corrected chi connectivity index (χ1v) is 6.02. The van der Waals surface area contributed by atoms with Crippen molar-refractivity contribution in [2.24, 2.45) is 0 Å². The summed E-state index contributed by atoms with van der Waals surface area (Å²) in [6.07, 6.45) is 2.09. The van der Waals surface area contributed by atoms with Gasteiger partial charge in [0.05, 0.1) is 0 Å². The lowest BCUT2D eigenvalue weighted by Crippen LogP contribution is -2.36. The maximum absolute atomic E-state index is 6.19. The summed E-state index contributed by atoms with van der Waals surface area (Å²) in [7, 11) is 0. The fourth-order valence-corrected chi connectivity index (χ4v) is 2.82. The molecule has 1 nitrogen and oxygen atoms in total. The summed E-state index contributed by atoms with van der Waals surface area (Å²) in [5, 5.41) is 0. The monoisotopic (exact) mass is 224 g/mol. The summed E-state index contributed by atoms with van der Waals surface area (Å²) in [5.41, 5.74) is 2.90. The van der Waals surface area contributed by atoms with Crippen LogP contribution in [0.25, 0.3) is 0 Å². The van der Waals surface area contributed by atoms with Crippen molar-refractivity contribution in [2.45, 2.75) is 25.2 Å². The number of aryl methyl sites for hydroxylation is 1. The van der Waals surface area contributed by atoms with E-state index in [4.69, 9.17) is 16.3 Å². The van der Waals surface area contributed by atoms with E-state index in [1.807, 2.05) is 0 Å². The maximum Gasteiger partial charge on any atom is 0.0474 e. The van der Waals surface area contributed by atoms with E-state index in [0.717, 1.165) is 26.1 Å². The third-order valence-electron chi connectivity index (χ3n) is 3.42. The average Bonchev–Trinajstić information content (AvgIpc) is 2.30. The first kappa shape index (κ1) is 11.0. The summed E-state index contributed by atoms with van der Waals surface area (Å²) in [6.45, 7) is 3.83. The fourth-order valence-electron chi connectivity index (χ4n) is 2.41. The highest BCUT2D eigenvalue weighted by atomic mass is 35.5. The standard InChI is InChI=1S/C13H17ClO/c1-11-4-2-3-5-12(11)13(10-14)6-8-15-9-7-13/h2-5H,6-10H2,1H3. The predicted octanol–water partition coefficient (Wildman–Crippen LogP) is 3.28. The van der Waals surface area contributed by atoms with Gasteiger partial charge in [0.15, 0.2) is 0 Å². The molecule has 1 aliphatic heterocycles. The van der Waals surface area contributed by atoms with Crippen LogP contribution in [0.4, 0.5) is 0 Å². The molecule has 2 heteroatoms. The molecule has 0 aromatic heterocycles. The second-order valence-corrected chi connectivity index (χ2v) is 4.61. The van der Waals surface area contributed by atoms with Gasteiger partial charge in [0.2, 0.25) is 0 Å². The molecule has 1 aliphatic rings. The molecule has 0 unspecified atom stereocenters. The van der Waals surface area contributed by atoms with E-state index in [1.165, 1.54) is 11.1 Å². The Bertz CT molecular complexity index is 329. The highest BCUT2D eigenvalue weighted by Crippen LogP contribution is 2.37. The highest BCUT2D eigenvalue weighted by molar-refractivity contribution is 6.18. The van der Waals surface area contributed by atoms with Crippen molar-refractivity contribution in [3.63, 3.8) is 0 Å². The number of rotatable bonds is 2. The molecule has 82 valence electrons. The molecule has 1 heterocycles. The van der Waals surface area contributed by atoms with Crippen molar-refractivity contribution >= 4 is 11.6 Å². The molecule has 0 bridgehead atoms. The zero-order valence-electron chi connectivity index (χ0n) is 9.13. The highest BCUT2D eigenvalue weighted by Gasteiger charge is 2.34. The zero-order valence-corrected chi connectivity index (χ0v) is 9.89. The van der Waals surface area contributed by atoms with Gasteiger partial charge in [-0.2, -0.15) is 0 Å². The molecule has 0 N–H and O–H groups in total. The zero-order chi connectivity index (χ0) is 10.7. The van der Waals surface area contributed by atoms with Gasteiger partial charge in [0.25, 0.3) is 0 Å². The van der Waals surface area contributed by atoms with Crippen LogP contribution in [-0.4, -0.2) is 19.1 Å². The molecule has 0 radical (unpaired) electrons. The molecule has 15 heavy (non-hydrogen) atoms. The van der Waals surface area contributed by atoms with Gasteiger partial charge in [-0.25, -0.2) is 0 Å². The van der Waals surface area contributed by atoms with E-state index in [9.17, 15) is 0 Å². The van der Waals surface area contributed by atoms with Crippen LogP contribution in [0.15, 0.2) is 24.3 Å². The van der Waals surface area contributed by atoms with Crippen LogP contribution in [0.3, 0.4) is 0 Å². The molecule has 0 amide bonds. The fraction of sp³-hybridized carbons (Fsp3) is 0.538. The van der Waals surface area contributed by atoms with E-state index < -0.39 is 0 Å². The van der Waals surface area contributed by atoms with Gasteiger partial charge in [-0.3, -0.25) is 0 Å². The lowest BCUT2D eigenvalue weighted by atomic mass is 9.74. The molecular weight excluding hydrogens is 208 g/mol. The van der Waals surface area contributed by atoms with Crippen molar-refractivity contribution in [3.8, 4) is 0 Å². The second kappa shape index (κ2) is 4.54. The minimum atomic E-state index is 0.144. The Hall–Kier alpha value is -0.530. The Morgan fingerprint density at radius 1 is 1.27 bits per heavy atom. The van der Waals surface area contributed by atoms with Crippen molar-refractivity contribution in [3.05, 3.63) is 35.4 Å². The predicted molar refractivity (Wildman–Crippen MR) is 63.6 cm³/mol. The van der Waals surface area contributed by atoms with Crippen LogP contribution >= 0.6 is 11.6 Å². The van der Waals surface area contributed by atoms with Crippen molar-refractivity contribution in [2.75, 3.05) is 19.1 Å². The number of hydrogen-bond acceptors (Lipinski definition) is 1. The average molecular weight is 225 g/mol. The third-order valence-corrected chi connectivity index (χ3v) is 3.93. The van der Waals surface area contributed by atoms with E-state index in [0.29, 0.717) is 5.88 Å². The minimum absolute atomic E-state index is 0.144. The van der Waals surface area contributed by atoms with Crippen LogP contribution in [0.2, 0.25) is 0 Å². The van der Waals surface area contributed by atoms with Crippen molar-refractivity contribution < 1.29 is 4.74 Å². The largest absolute Gasteiger partial charge is 0.381 e. The Balaban J connectivity index is 2.36. The quantitative estimate of drug-likeness (QED) is 0.701. The van der Waals surface area contributed by atoms with Gasteiger partial charge in [-0.15, -0.1) is 11.6 Å². The molecule has 1 fully saturated rings. The Labute approximate surface area is 96.4 Å². The molecule has 1 aromatic carbocycles. The van der Waals surface area contributed by atoms with Gasteiger partial charge in [-0.1, -0.05) is 24.3 Å². The van der Waals surface area contributed by atoms with Crippen LogP contribution in [0.5, 0.6) is 0 Å². The lowest BCUT2D eigenvalue weighted by molar-refractivity contribution is 0.0574. The normalized spacial score (nSPS) is 20.1. The van der Waals surface area contributed by atoms with Crippen LogP contribution in [0.1, 0.15) is 24.0 Å². The van der Waals surface area contributed by atoms with Gasteiger partial charge < -0.3 is 4.74 Å². The van der Waals surface area contributed by atoms with Crippen molar-refractivity contribution in [1.82, 2.24) is 0 Å². The summed E-state index contributed by atoms with van der Waals surface area (Å²) in [4.78, 5) is 0. The van der Waals surface area contributed by atoms with E-state index in [2.05, 4.69) is 31.2 Å². The van der Waals surface area contributed by atoms with Gasteiger partial charge in [-0.05, 0) is 30.9 Å². The SMILES string of the molecule is Cc1ccccc1C1(CCl)CCOCC1. The first-order chi connectivity index (χ1) is 7.28. The van der Waals surface area contributed by atoms with Crippen LogP contribution < -0.4 is 0 Å². The Morgan fingerprint density at radius 2 is 1.93 bits per heavy atom. The molecule has 0 aliphatic carbocycles. The van der Waals surface area contributed by atoms with E-state index >= 15 is 0 Å². The maximum atomic E-state index is 6.19. The number of ether oxygens (including phenoxy) is 1. The summed E-state index contributed by atoms with van der Waals surface area (Å²) >= 11 is 6.19. The van der Waals surface area contributed by atoms with Crippen LogP contribution in [-0.2, 0) is 10.2 Å². The number of benzene rings is 1. The Morgan fingerprint density at radius 3 is 2.53 bits per heavy atom. The summed E-state index contributed by atoms with van der Waals surface area (Å²) in [5.74, 6) is 0.696. The summed E-state index contributed by atoms with van der Waals surface area (Å²) in [6, 6.07) is 8.56. The van der Waals surface area contributed by atoms with Gasteiger partial charge in [0, 0.05) is 24.5 Å². The van der Waals surface area contributed by atoms with E-state index in [-0.39, 0.29) is 5.41 Å². The molecular formula is C13H17ClO. The lowest BCUT2D eigenvalue weighted by Gasteiger charge is -2.37. The smallest absolute Gasteiger partial charge is 0.0474 e. The molecule has 1 saturated heterocycles. The number of hydrogen-bond donors (Lipinski definition) is 0. The number of alkyl halides is 1. The Kier molecular flexibility index (Phi) is 3.32. The first-order valence-electron chi connectivity index (χ1n) is 5.48. The minimum Gasteiger partial charge on any atom is -0.381 e. The summed E-state index contributed by atoms with van der Waals surface area (Å²) < 4.78 is 5.43. The molecule has 0 atom stereocenters. The molecule has 1 aromatic rings. The van der Waals surface area contributed by atoms with Crippen molar-refractivity contribution in [1.29, 1.82) is 0 Å². The second-order valence-electron chi connectivity index (χ2n) is 4.34. The van der Waals surface area contributed by atoms with Crippen LogP contribution in [0, 0.1) is 6.92 Å². The number of halogens is 1. The van der Waals surface area contributed by atoms with E-state index in [1.54, 1.807) is 0 Å². The third kappa shape index (κ3) is 2.04. The molecule has 2 rings (SSSR count). The van der Waals surface area contributed by atoms with Gasteiger partial charge >= 0.3 is 0 Å². The van der Waals surface area contributed by atoms with Gasteiger partial charge in [0.1, 0.15) is 0 Å². The molecule has 0 spiro atoms. The topological polar surface area (TPSA) is 9.23 Å². The molecule has 0 saturated carbocycles.